The zero-order valence-corrected chi connectivity index (χ0v) is 11.8. The summed E-state index contributed by atoms with van der Waals surface area (Å²) in [5, 5.41) is 14.4. The topological polar surface area (TPSA) is 101 Å². The number of H-pyrrole nitrogens is 1. The first-order valence-corrected chi connectivity index (χ1v) is 6.54. The Bertz CT molecular complexity index is 663. The molecule has 2 rings (SSSR count). The molecule has 0 saturated carbocycles. The number of hydrogen-bond donors (Lipinski definition) is 3. The molecule has 0 atom stereocenters. The van der Waals surface area contributed by atoms with Gasteiger partial charge in [0.05, 0.1) is 0 Å². The second-order valence-electron chi connectivity index (χ2n) is 3.50. The third kappa shape index (κ3) is 2.34. The molecule has 8 heteroatoms. The number of amidine groups is 1. The number of nitrogen functional groups attached to an aromatic ring is 1. The molecule has 94 valence electrons. The van der Waals surface area contributed by atoms with Crippen LogP contribution in [0.4, 0.5) is 0 Å². The summed E-state index contributed by atoms with van der Waals surface area (Å²) >= 11 is 4.63. The lowest BCUT2D eigenvalue weighted by Crippen LogP contribution is -2.14. The average Bonchev–Trinajstić information content (AvgIpc) is 2.60. The predicted octanol–water partition coefficient (Wildman–Crippen LogP) is 1.31. The highest BCUT2D eigenvalue weighted by atomic mass is 79.9. The molecule has 0 saturated heterocycles. The number of nitrogens with two attached hydrogens (primary N) is 1. The van der Waals surface area contributed by atoms with Gasteiger partial charge in [0.2, 0.25) is 0 Å². The van der Waals surface area contributed by atoms with Crippen molar-refractivity contribution in [1.82, 2.24) is 14.8 Å². The van der Waals surface area contributed by atoms with E-state index in [0.717, 1.165) is 9.37 Å². The number of nitrogens with zero attached hydrogens (tertiary/aromatic N) is 2. The number of rotatable bonds is 3. The third-order valence-corrected chi connectivity index (χ3v) is 4.05. The van der Waals surface area contributed by atoms with Crippen LogP contribution in [0.5, 0.6) is 0 Å². The number of hydrogen-bond acceptors (Lipinski definition) is 4. The maximum atomic E-state index is 11.3. The third-order valence-electron chi connectivity index (χ3n) is 2.28. The van der Waals surface area contributed by atoms with Gasteiger partial charge in [0.25, 0.3) is 0 Å². The summed E-state index contributed by atoms with van der Waals surface area (Å²) in [5.74, 6) is -0.0366. The Morgan fingerprint density at radius 2 is 2.33 bits per heavy atom. The lowest BCUT2D eigenvalue weighted by atomic mass is 10.2. The zero-order valence-electron chi connectivity index (χ0n) is 9.40. The van der Waals surface area contributed by atoms with Crippen molar-refractivity contribution in [3.63, 3.8) is 0 Å². The van der Waals surface area contributed by atoms with E-state index >= 15 is 0 Å². The van der Waals surface area contributed by atoms with Crippen molar-refractivity contribution < 1.29 is 0 Å². The molecule has 0 radical (unpaired) electrons. The Hall–Kier alpha value is -1.54. The first-order valence-electron chi connectivity index (χ1n) is 4.93. The minimum atomic E-state index is -0.281. The van der Waals surface area contributed by atoms with Gasteiger partial charge in [0.1, 0.15) is 5.84 Å². The molecule has 1 aromatic heterocycles. The van der Waals surface area contributed by atoms with Gasteiger partial charge in [-0.25, -0.2) is 9.89 Å². The molecule has 0 aliphatic heterocycles. The molecule has 2 aromatic rings. The lowest BCUT2D eigenvalue weighted by Gasteiger charge is -2.08. The molecule has 0 fully saturated rings. The number of benzene rings is 1. The summed E-state index contributed by atoms with van der Waals surface area (Å²) in [6, 6.07) is 5.47. The largest absolute Gasteiger partial charge is 0.384 e. The van der Waals surface area contributed by atoms with Gasteiger partial charge < -0.3 is 5.73 Å². The summed E-state index contributed by atoms with van der Waals surface area (Å²) in [4.78, 5) is 12.0. The molecular formula is C10H10BrN5OS. The molecule has 18 heavy (non-hydrogen) atoms. The van der Waals surface area contributed by atoms with E-state index in [0.29, 0.717) is 10.7 Å². The molecule has 0 aliphatic carbocycles. The van der Waals surface area contributed by atoms with Crippen molar-refractivity contribution in [3.05, 3.63) is 38.7 Å². The maximum absolute atomic E-state index is 11.3. The van der Waals surface area contributed by atoms with Crippen LogP contribution in [0.15, 0.2) is 37.5 Å². The van der Waals surface area contributed by atoms with Crippen molar-refractivity contribution in [2.24, 2.45) is 12.8 Å². The first kappa shape index (κ1) is 12.9. The molecule has 1 aromatic carbocycles. The Morgan fingerprint density at radius 1 is 1.61 bits per heavy atom. The minimum Gasteiger partial charge on any atom is -0.384 e. The Kier molecular flexibility index (Phi) is 3.58. The van der Waals surface area contributed by atoms with Crippen molar-refractivity contribution in [3.8, 4) is 0 Å². The maximum Gasteiger partial charge on any atom is 0.343 e. The monoisotopic (exact) mass is 327 g/mol. The predicted molar refractivity (Wildman–Crippen MR) is 73.1 cm³/mol. The molecule has 4 N–H and O–H groups in total. The van der Waals surface area contributed by atoms with Gasteiger partial charge in [-0.05, 0) is 39.8 Å². The van der Waals surface area contributed by atoms with E-state index in [2.05, 4.69) is 26.1 Å². The smallest absolute Gasteiger partial charge is 0.343 e. The second kappa shape index (κ2) is 4.99. The molecule has 0 unspecified atom stereocenters. The van der Waals surface area contributed by atoms with Gasteiger partial charge in [0.15, 0.2) is 5.16 Å². The van der Waals surface area contributed by atoms with Gasteiger partial charge >= 0.3 is 5.69 Å². The van der Waals surface area contributed by atoms with Gasteiger partial charge in [-0.2, -0.15) is 0 Å². The Balaban J connectivity index is 2.47. The van der Waals surface area contributed by atoms with Crippen LogP contribution in [0.1, 0.15) is 5.56 Å². The van der Waals surface area contributed by atoms with Crippen LogP contribution in [0, 0.1) is 5.41 Å². The molecular weight excluding hydrogens is 318 g/mol. The van der Waals surface area contributed by atoms with E-state index < -0.39 is 0 Å². The van der Waals surface area contributed by atoms with Crippen LogP contribution in [0.2, 0.25) is 0 Å². The highest BCUT2D eigenvalue weighted by Gasteiger charge is 2.13. The lowest BCUT2D eigenvalue weighted by molar-refractivity contribution is 0.766. The molecule has 1 heterocycles. The molecule has 0 bridgehead atoms. The summed E-state index contributed by atoms with van der Waals surface area (Å²) in [6.45, 7) is 0. The molecule has 0 amide bonds. The molecule has 0 spiro atoms. The van der Waals surface area contributed by atoms with Gasteiger partial charge in [-0.1, -0.05) is 6.07 Å². The molecule has 0 aliphatic rings. The summed E-state index contributed by atoms with van der Waals surface area (Å²) in [5.41, 5.74) is 5.87. The van der Waals surface area contributed by atoms with E-state index in [9.17, 15) is 4.79 Å². The number of aromatic amines is 1. The van der Waals surface area contributed by atoms with Crippen molar-refractivity contribution >= 4 is 33.5 Å². The van der Waals surface area contributed by atoms with Crippen LogP contribution in [-0.4, -0.2) is 20.6 Å². The van der Waals surface area contributed by atoms with E-state index in [1.807, 2.05) is 18.2 Å². The fourth-order valence-electron chi connectivity index (χ4n) is 1.37. The first-order chi connectivity index (χ1) is 8.50. The van der Waals surface area contributed by atoms with E-state index in [-0.39, 0.29) is 11.5 Å². The van der Waals surface area contributed by atoms with Crippen LogP contribution in [0.25, 0.3) is 0 Å². The summed E-state index contributed by atoms with van der Waals surface area (Å²) in [7, 11) is 1.62. The molecule has 6 nitrogen and oxygen atoms in total. The number of halogens is 1. The fourth-order valence-corrected chi connectivity index (χ4v) is 3.06. The zero-order chi connectivity index (χ0) is 13.3. The van der Waals surface area contributed by atoms with Gasteiger partial charge in [-0.15, -0.1) is 5.10 Å². The Labute approximate surface area is 115 Å². The number of aromatic nitrogens is 3. The van der Waals surface area contributed by atoms with E-state index in [1.54, 1.807) is 7.05 Å². The minimum absolute atomic E-state index is 0.0366. The van der Waals surface area contributed by atoms with Crippen LogP contribution in [-0.2, 0) is 7.05 Å². The highest BCUT2D eigenvalue weighted by molar-refractivity contribution is 9.10. The normalized spacial score (nSPS) is 10.6. The van der Waals surface area contributed by atoms with E-state index in [4.69, 9.17) is 11.1 Å². The average molecular weight is 328 g/mol. The van der Waals surface area contributed by atoms with Crippen LogP contribution in [0.3, 0.4) is 0 Å². The second-order valence-corrected chi connectivity index (χ2v) is 5.36. The fraction of sp³-hybridized carbons (Fsp3) is 0.100. The standard InChI is InChI=1S/C10H10BrN5OS/c1-16-9(17)14-15-10(16)18-6-4-2-3-5(11)7(6)8(12)13/h2-4H,1H3,(H3,12,13)(H,14,17). The van der Waals surface area contributed by atoms with Gasteiger partial charge in [-0.3, -0.25) is 9.98 Å². The quantitative estimate of drug-likeness (QED) is 0.584. The van der Waals surface area contributed by atoms with Crippen molar-refractivity contribution in [2.75, 3.05) is 0 Å². The number of nitrogens with one attached hydrogen (secondary N) is 2. The van der Waals surface area contributed by atoms with Crippen molar-refractivity contribution in [2.45, 2.75) is 10.1 Å². The highest BCUT2D eigenvalue weighted by Crippen LogP contribution is 2.31. The van der Waals surface area contributed by atoms with Crippen LogP contribution < -0.4 is 11.4 Å². The summed E-state index contributed by atoms with van der Waals surface area (Å²) in [6.07, 6.45) is 0. The SMILES string of the molecule is Cn1c(Sc2cccc(Br)c2C(=N)N)n[nH]c1=O. The van der Waals surface area contributed by atoms with Crippen LogP contribution >= 0.6 is 27.7 Å². The Morgan fingerprint density at radius 3 is 2.89 bits per heavy atom. The summed E-state index contributed by atoms with van der Waals surface area (Å²) < 4.78 is 2.13. The van der Waals surface area contributed by atoms with Crippen molar-refractivity contribution in [1.29, 1.82) is 5.41 Å². The van der Waals surface area contributed by atoms with Gasteiger partial charge in [0, 0.05) is 22.0 Å². The van der Waals surface area contributed by atoms with E-state index in [1.165, 1.54) is 16.3 Å².